The van der Waals surface area contributed by atoms with Crippen molar-refractivity contribution < 1.29 is 4.79 Å². The molecule has 1 aliphatic rings. The summed E-state index contributed by atoms with van der Waals surface area (Å²) in [5.41, 5.74) is 0.786. The standard InChI is InChI=1S/C17H22N8OS/c1-3-13-15(27-22-19-13)17(26)25-7-4-5-12(9-25)16-21-20-14(23(16)2)10-24-8-6-18-11-24/h6,8,11-12H,3-5,7,9-10H2,1-2H3/t12-/m0/s1. The van der Waals surface area contributed by atoms with E-state index in [0.717, 1.165) is 43.1 Å². The number of hydrogen-bond donors (Lipinski definition) is 0. The lowest BCUT2D eigenvalue weighted by Gasteiger charge is -2.32. The lowest BCUT2D eigenvalue weighted by Crippen LogP contribution is -2.39. The van der Waals surface area contributed by atoms with Gasteiger partial charge in [-0.2, -0.15) is 0 Å². The molecule has 0 aliphatic carbocycles. The van der Waals surface area contributed by atoms with Gasteiger partial charge in [-0.15, -0.1) is 15.3 Å². The summed E-state index contributed by atoms with van der Waals surface area (Å²) in [6.07, 6.45) is 8.10. The fourth-order valence-electron chi connectivity index (χ4n) is 3.53. The van der Waals surface area contributed by atoms with Crippen molar-refractivity contribution in [3.05, 3.63) is 40.9 Å². The predicted octanol–water partition coefficient (Wildman–Crippen LogP) is 1.49. The van der Waals surface area contributed by atoms with Crippen LogP contribution < -0.4 is 0 Å². The number of carbonyl (C=O) groups is 1. The topological polar surface area (TPSA) is 94.6 Å². The number of likely N-dealkylation sites (tertiary alicyclic amines) is 1. The molecule has 1 amide bonds. The van der Waals surface area contributed by atoms with E-state index in [0.29, 0.717) is 18.0 Å². The minimum absolute atomic E-state index is 0.0346. The minimum Gasteiger partial charge on any atom is -0.337 e. The van der Waals surface area contributed by atoms with Gasteiger partial charge >= 0.3 is 0 Å². The minimum atomic E-state index is 0.0346. The Kier molecular flexibility index (Phi) is 4.97. The Labute approximate surface area is 161 Å². The zero-order valence-corrected chi connectivity index (χ0v) is 16.3. The number of piperidine rings is 1. The summed E-state index contributed by atoms with van der Waals surface area (Å²) >= 11 is 1.19. The highest BCUT2D eigenvalue weighted by Crippen LogP contribution is 2.27. The Morgan fingerprint density at radius 3 is 3.00 bits per heavy atom. The summed E-state index contributed by atoms with van der Waals surface area (Å²) in [7, 11) is 1.99. The van der Waals surface area contributed by atoms with E-state index in [4.69, 9.17) is 0 Å². The van der Waals surface area contributed by atoms with Crippen molar-refractivity contribution in [2.24, 2.45) is 7.05 Å². The summed E-state index contributed by atoms with van der Waals surface area (Å²) in [5, 5.41) is 12.9. The van der Waals surface area contributed by atoms with E-state index < -0.39 is 0 Å². The second-order valence-electron chi connectivity index (χ2n) is 6.76. The normalized spacial score (nSPS) is 17.4. The summed E-state index contributed by atoms with van der Waals surface area (Å²) < 4.78 is 7.96. The summed E-state index contributed by atoms with van der Waals surface area (Å²) in [4.78, 5) is 19.6. The van der Waals surface area contributed by atoms with Gasteiger partial charge in [-0.05, 0) is 30.8 Å². The maximum Gasteiger partial charge on any atom is 0.267 e. The number of rotatable bonds is 5. The zero-order chi connectivity index (χ0) is 18.8. The second-order valence-corrected chi connectivity index (χ2v) is 7.52. The molecule has 1 saturated heterocycles. The molecule has 4 rings (SSSR count). The smallest absolute Gasteiger partial charge is 0.267 e. The quantitative estimate of drug-likeness (QED) is 0.659. The maximum atomic E-state index is 12.9. The first-order chi connectivity index (χ1) is 13.2. The first-order valence-electron chi connectivity index (χ1n) is 9.11. The summed E-state index contributed by atoms with van der Waals surface area (Å²) in [6.45, 7) is 4.03. The lowest BCUT2D eigenvalue weighted by molar-refractivity contribution is 0.0707. The van der Waals surface area contributed by atoms with E-state index >= 15 is 0 Å². The van der Waals surface area contributed by atoms with Gasteiger partial charge in [0.2, 0.25) is 0 Å². The Morgan fingerprint density at radius 2 is 2.22 bits per heavy atom. The zero-order valence-electron chi connectivity index (χ0n) is 15.4. The van der Waals surface area contributed by atoms with Crippen LogP contribution in [0, 0.1) is 0 Å². The van der Waals surface area contributed by atoms with E-state index in [1.807, 2.05) is 34.2 Å². The van der Waals surface area contributed by atoms with Gasteiger partial charge in [0.1, 0.15) is 10.7 Å². The van der Waals surface area contributed by atoms with E-state index in [2.05, 4.69) is 24.8 Å². The maximum absolute atomic E-state index is 12.9. The summed E-state index contributed by atoms with van der Waals surface area (Å²) in [5.74, 6) is 2.03. The van der Waals surface area contributed by atoms with Crippen LogP contribution in [-0.4, -0.2) is 57.8 Å². The van der Waals surface area contributed by atoms with Crippen LogP contribution >= 0.6 is 11.5 Å². The summed E-state index contributed by atoms with van der Waals surface area (Å²) in [6, 6.07) is 0. The van der Waals surface area contributed by atoms with Gasteiger partial charge in [-0.1, -0.05) is 11.4 Å². The molecule has 0 saturated carbocycles. The van der Waals surface area contributed by atoms with Crippen LogP contribution in [0.1, 0.15) is 52.7 Å². The molecule has 0 radical (unpaired) electrons. The van der Waals surface area contributed by atoms with E-state index in [1.165, 1.54) is 11.5 Å². The van der Waals surface area contributed by atoms with Crippen molar-refractivity contribution in [3.63, 3.8) is 0 Å². The Hall–Kier alpha value is -2.62. The monoisotopic (exact) mass is 386 g/mol. The predicted molar refractivity (Wildman–Crippen MR) is 99.5 cm³/mol. The van der Waals surface area contributed by atoms with Crippen LogP contribution in [0.3, 0.4) is 0 Å². The van der Waals surface area contributed by atoms with Gasteiger partial charge in [-0.25, -0.2) is 4.98 Å². The fraction of sp³-hybridized carbons (Fsp3) is 0.529. The second kappa shape index (κ2) is 7.55. The third kappa shape index (κ3) is 3.48. The number of hydrogen-bond acceptors (Lipinski definition) is 7. The molecule has 9 nitrogen and oxygen atoms in total. The molecule has 1 aliphatic heterocycles. The van der Waals surface area contributed by atoms with Gasteiger partial charge in [-0.3, -0.25) is 4.79 Å². The highest BCUT2D eigenvalue weighted by atomic mass is 32.1. The Morgan fingerprint density at radius 1 is 1.33 bits per heavy atom. The molecule has 0 aromatic carbocycles. The number of aryl methyl sites for hydroxylation is 1. The van der Waals surface area contributed by atoms with E-state index in [1.54, 1.807) is 12.5 Å². The van der Waals surface area contributed by atoms with Crippen LogP contribution in [0.2, 0.25) is 0 Å². The van der Waals surface area contributed by atoms with Gasteiger partial charge < -0.3 is 14.0 Å². The fourth-order valence-corrected chi connectivity index (χ4v) is 4.25. The van der Waals surface area contributed by atoms with Crippen LogP contribution in [0.4, 0.5) is 0 Å². The average molecular weight is 386 g/mol. The SMILES string of the molecule is CCc1nnsc1C(=O)N1CCC[C@H](c2nnc(Cn3ccnc3)n2C)C1. The van der Waals surface area contributed by atoms with Crippen LogP contribution in [0.25, 0.3) is 0 Å². The van der Waals surface area contributed by atoms with Gasteiger partial charge in [0, 0.05) is 38.4 Å². The third-order valence-corrected chi connectivity index (χ3v) is 5.80. The molecule has 1 fully saturated rings. The molecule has 4 heterocycles. The van der Waals surface area contributed by atoms with Crippen LogP contribution in [0.5, 0.6) is 0 Å². The molecular weight excluding hydrogens is 364 g/mol. The molecule has 142 valence electrons. The number of carbonyl (C=O) groups excluding carboxylic acids is 1. The van der Waals surface area contributed by atoms with Gasteiger partial charge in [0.05, 0.1) is 18.6 Å². The largest absolute Gasteiger partial charge is 0.337 e. The molecular formula is C17H22N8OS. The molecule has 0 bridgehead atoms. The number of amides is 1. The first-order valence-corrected chi connectivity index (χ1v) is 9.89. The molecule has 27 heavy (non-hydrogen) atoms. The van der Waals surface area contributed by atoms with Crippen molar-refractivity contribution in [2.75, 3.05) is 13.1 Å². The molecule has 3 aromatic rings. The van der Waals surface area contributed by atoms with Crippen molar-refractivity contribution in [2.45, 2.75) is 38.6 Å². The molecule has 0 unspecified atom stereocenters. The van der Waals surface area contributed by atoms with E-state index in [-0.39, 0.29) is 11.8 Å². The first kappa shape index (κ1) is 17.8. The van der Waals surface area contributed by atoms with Gasteiger partial charge in [0.15, 0.2) is 5.82 Å². The molecule has 10 heteroatoms. The number of nitrogens with zero attached hydrogens (tertiary/aromatic N) is 8. The highest BCUT2D eigenvalue weighted by Gasteiger charge is 2.30. The van der Waals surface area contributed by atoms with Crippen molar-refractivity contribution in [1.29, 1.82) is 0 Å². The third-order valence-electron chi connectivity index (χ3n) is 5.04. The van der Waals surface area contributed by atoms with Gasteiger partial charge in [0.25, 0.3) is 5.91 Å². The average Bonchev–Trinajstić information content (AvgIpc) is 3.44. The number of imidazole rings is 1. The Balaban J connectivity index is 1.50. The van der Waals surface area contributed by atoms with E-state index in [9.17, 15) is 4.79 Å². The molecule has 3 aromatic heterocycles. The molecule has 1 atom stereocenters. The van der Waals surface area contributed by atoms with Crippen molar-refractivity contribution in [3.8, 4) is 0 Å². The lowest BCUT2D eigenvalue weighted by atomic mass is 9.97. The van der Waals surface area contributed by atoms with Crippen molar-refractivity contribution in [1.82, 2.24) is 38.8 Å². The molecule has 0 N–H and O–H groups in total. The molecule has 0 spiro atoms. The van der Waals surface area contributed by atoms with Crippen molar-refractivity contribution >= 4 is 17.4 Å². The Bertz CT molecular complexity index is 915. The van der Waals surface area contributed by atoms with Crippen LogP contribution in [-0.2, 0) is 20.0 Å². The van der Waals surface area contributed by atoms with Crippen LogP contribution in [0.15, 0.2) is 18.7 Å². The number of aromatic nitrogens is 7. The highest BCUT2D eigenvalue weighted by molar-refractivity contribution is 7.08.